The summed E-state index contributed by atoms with van der Waals surface area (Å²) in [6, 6.07) is 0. The maximum Gasteiger partial charge on any atom is 0.303 e. The van der Waals surface area contributed by atoms with Crippen LogP contribution in [0.25, 0.3) is 0 Å². The second-order valence-corrected chi connectivity index (χ2v) is 5.35. The van der Waals surface area contributed by atoms with Gasteiger partial charge in [-0.2, -0.15) is 0 Å². The van der Waals surface area contributed by atoms with Crippen LogP contribution in [0.4, 0.5) is 0 Å². The number of aliphatic carboxylic acids is 1. The molecule has 0 saturated heterocycles. The van der Waals surface area contributed by atoms with Crippen molar-refractivity contribution in [2.24, 2.45) is 0 Å². The van der Waals surface area contributed by atoms with Crippen molar-refractivity contribution in [3.8, 4) is 0 Å². The zero-order chi connectivity index (χ0) is 17.7. The molecular weight excluding hydrogens is 296 g/mol. The molecule has 24 heavy (non-hydrogen) atoms. The van der Waals surface area contributed by atoms with Crippen LogP contribution in [0.3, 0.4) is 0 Å². The fourth-order valence-corrected chi connectivity index (χ4v) is 1.85. The predicted octanol–water partition coefficient (Wildman–Crippen LogP) is 6.55. The van der Waals surface area contributed by atoms with Crippen molar-refractivity contribution >= 4 is 5.97 Å². The lowest BCUT2D eigenvalue weighted by Gasteiger charge is -1.87. The van der Waals surface area contributed by atoms with Gasteiger partial charge in [-0.05, 0) is 44.9 Å². The van der Waals surface area contributed by atoms with E-state index in [2.05, 4.69) is 67.7 Å². The van der Waals surface area contributed by atoms with Crippen LogP contribution in [-0.2, 0) is 4.79 Å². The molecule has 0 amide bonds. The second kappa shape index (κ2) is 19.0. The largest absolute Gasteiger partial charge is 0.481 e. The molecule has 0 bridgehead atoms. The molecule has 0 aliphatic heterocycles. The van der Waals surface area contributed by atoms with E-state index in [1.807, 2.05) is 12.2 Å². The Morgan fingerprint density at radius 1 is 0.625 bits per heavy atom. The fraction of sp³-hybridized carbons (Fsp3) is 0.409. The van der Waals surface area contributed by atoms with Gasteiger partial charge in [0.25, 0.3) is 0 Å². The number of carbonyl (C=O) groups is 1. The van der Waals surface area contributed by atoms with Crippen LogP contribution in [0.5, 0.6) is 0 Å². The highest BCUT2D eigenvalue weighted by molar-refractivity contribution is 5.66. The average Bonchev–Trinajstić information content (AvgIpc) is 2.56. The third kappa shape index (κ3) is 19.9. The fourth-order valence-electron chi connectivity index (χ4n) is 1.85. The Kier molecular flexibility index (Phi) is 17.3. The molecule has 0 aromatic heterocycles. The Morgan fingerprint density at radius 2 is 0.958 bits per heavy atom. The molecule has 0 rings (SSSR count). The standard InChI is InChI=1S/C22H32O2/c1-2-3-4-5-6-7-8-9-10-11-12-13-14-15-16-17-18-19-20-21-22(23)24/h3-4,6-7,9-10,12-13,15-16,18-19H,2,5,8,11,14,17,20-21H2,1H3,(H,23,24)/b4-3+,7-6+,10-9-,13-12-,16-15-,19-18+. The van der Waals surface area contributed by atoms with E-state index >= 15 is 0 Å². The molecule has 0 unspecified atom stereocenters. The summed E-state index contributed by atoms with van der Waals surface area (Å²) >= 11 is 0. The lowest BCUT2D eigenvalue weighted by atomic mass is 10.2. The Hall–Kier alpha value is -2.09. The SMILES string of the molecule is CC/C=C/C/C=C/C/C=C\C/C=C\C/C=C\C/C=C/CCC(=O)O. The van der Waals surface area contributed by atoms with Crippen LogP contribution in [0, 0.1) is 0 Å². The van der Waals surface area contributed by atoms with E-state index in [4.69, 9.17) is 5.11 Å². The van der Waals surface area contributed by atoms with Crippen LogP contribution in [0.1, 0.15) is 58.3 Å². The molecule has 132 valence electrons. The highest BCUT2D eigenvalue weighted by Crippen LogP contribution is 1.97. The molecule has 2 heteroatoms. The van der Waals surface area contributed by atoms with Crippen molar-refractivity contribution in [1.82, 2.24) is 0 Å². The minimum absolute atomic E-state index is 0.210. The molecule has 0 fully saturated rings. The van der Waals surface area contributed by atoms with E-state index in [9.17, 15) is 4.79 Å². The van der Waals surface area contributed by atoms with Gasteiger partial charge in [0.05, 0.1) is 0 Å². The number of rotatable bonds is 14. The molecule has 0 aromatic carbocycles. The van der Waals surface area contributed by atoms with E-state index in [0.717, 1.165) is 38.5 Å². The minimum Gasteiger partial charge on any atom is -0.481 e. The number of hydrogen-bond donors (Lipinski definition) is 1. The maximum atomic E-state index is 10.3. The zero-order valence-corrected chi connectivity index (χ0v) is 14.9. The average molecular weight is 328 g/mol. The third-order valence-corrected chi connectivity index (χ3v) is 3.12. The van der Waals surface area contributed by atoms with Gasteiger partial charge in [0.15, 0.2) is 0 Å². The number of allylic oxidation sites excluding steroid dienone is 12. The Balaban J connectivity index is 3.51. The lowest BCUT2D eigenvalue weighted by molar-refractivity contribution is -0.136. The summed E-state index contributed by atoms with van der Waals surface area (Å²) in [4.78, 5) is 10.3. The predicted molar refractivity (Wildman–Crippen MR) is 105 cm³/mol. The van der Waals surface area contributed by atoms with E-state index in [1.165, 1.54) is 0 Å². The third-order valence-electron chi connectivity index (χ3n) is 3.12. The van der Waals surface area contributed by atoms with Gasteiger partial charge in [-0.1, -0.05) is 79.8 Å². The van der Waals surface area contributed by atoms with Crippen LogP contribution in [0.2, 0.25) is 0 Å². The quantitative estimate of drug-likeness (QED) is 0.367. The number of carboxylic acid groups (broad SMARTS) is 1. The molecular formula is C22H32O2. The Morgan fingerprint density at radius 3 is 1.29 bits per heavy atom. The summed E-state index contributed by atoms with van der Waals surface area (Å²) in [5, 5.41) is 8.49. The summed E-state index contributed by atoms with van der Waals surface area (Å²) in [5.74, 6) is -0.741. The van der Waals surface area contributed by atoms with Gasteiger partial charge in [-0.3, -0.25) is 4.79 Å². The first-order valence-electron chi connectivity index (χ1n) is 8.89. The van der Waals surface area contributed by atoms with E-state index in [-0.39, 0.29) is 6.42 Å². The second-order valence-electron chi connectivity index (χ2n) is 5.35. The maximum absolute atomic E-state index is 10.3. The Labute approximate surface area is 147 Å². The first-order valence-corrected chi connectivity index (χ1v) is 8.89. The van der Waals surface area contributed by atoms with Crippen LogP contribution in [-0.4, -0.2) is 11.1 Å². The summed E-state index contributed by atoms with van der Waals surface area (Å²) in [6.07, 6.45) is 32.5. The van der Waals surface area contributed by atoms with Gasteiger partial charge >= 0.3 is 5.97 Å². The van der Waals surface area contributed by atoms with Crippen molar-refractivity contribution in [2.75, 3.05) is 0 Å². The minimum atomic E-state index is -0.741. The van der Waals surface area contributed by atoms with Crippen molar-refractivity contribution < 1.29 is 9.90 Å². The van der Waals surface area contributed by atoms with Crippen LogP contribution >= 0.6 is 0 Å². The first kappa shape index (κ1) is 21.9. The monoisotopic (exact) mass is 328 g/mol. The molecule has 0 aliphatic rings. The molecule has 0 aromatic rings. The van der Waals surface area contributed by atoms with Gasteiger partial charge in [0.1, 0.15) is 0 Å². The highest BCUT2D eigenvalue weighted by atomic mass is 16.4. The van der Waals surface area contributed by atoms with Crippen molar-refractivity contribution in [1.29, 1.82) is 0 Å². The van der Waals surface area contributed by atoms with E-state index in [0.29, 0.717) is 6.42 Å². The van der Waals surface area contributed by atoms with Gasteiger partial charge in [-0.15, -0.1) is 0 Å². The molecule has 0 spiro atoms. The molecule has 0 radical (unpaired) electrons. The summed E-state index contributed by atoms with van der Waals surface area (Å²) in [7, 11) is 0. The summed E-state index contributed by atoms with van der Waals surface area (Å²) in [6.45, 7) is 2.15. The van der Waals surface area contributed by atoms with Crippen LogP contribution < -0.4 is 0 Å². The first-order chi connectivity index (χ1) is 11.8. The van der Waals surface area contributed by atoms with E-state index in [1.54, 1.807) is 0 Å². The Bertz CT molecular complexity index is 462. The smallest absolute Gasteiger partial charge is 0.303 e. The molecule has 1 N–H and O–H groups in total. The normalized spacial score (nSPS) is 13.0. The zero-order valence-electron chi connectivity index (χ0n) is 14.9. The number of hydrogen-bond acceptors (Lipinski definition) is 1. The molecule has 0 heterocycles. The number of carboxylic acids is 1. The molecule has 0 aliphatic carbocycles. The summed E-state index contributed by atoms with van der Waals surface area (Å²) in [5.41, 5.74) is 0. The van der Waals surface area contributed by atoms with Crippen LogP contribution in [0.15, 0.2) is 72.9 Å². The van der Waals surface area contributed by atoms with E-state index < -0.39 is 5.97 Å². The van der Waals surface area contributed by atoms with Crippen molar-refractivity contribution in [3.05, 3.63) is 72.9 Å². The summed E-state index contributed by atoms with van der Waals surface area (Å²) < 4.78 is 0. The van der Waals surface area contributed by atoms with Gasteiger partial charge in [0, 0.05) is 6.42 Å². The van der Waals surface area contributed by atoms with Gasteiger partial charge in [-0.25, -0.2) is 0 Å². The molecule has 2 nitrogen and oxygen atoms in total. The van der Waals surface area contributed by atoms with Crippen molar-refractivity contribution in [3.63, 3.8) is 0 Å². The van der Waals surface area contributed by atoms with Crippen molar-refractivity contribution in [2.45, 2.75) is 58.3 Å². The topological polar surface area (TPSA) is 37.3 Å². The highest BCUT2D eigenvalue weighted by Gasteiger charge is 1.90. The molecule has 0 atom stereocenters. The van der Waals surface area contributed by atoms with Gasteiger partial charge in [0.2, 0.25) is 0 Å². The molecule has 0 saturated carbocycles. The lowest BCUT2D eigenvalue weighted by Crippen LogP contribution is -1.91. The van der Waals surface area contributed by atoms with Gasteiger partial charge < -0.3 is 5.11 Å².